The maximum Gasteiger partial charge on any atom is 0.172 e. The summed E-state index contributed by atoms with van der Waals surface area (Å²) >= 11 is 1.11. The van der Waals surface area contributed by atoms with Crippen molar-refractivity contribution in [2.75, 3.05) is 7.11 Å². The van der Waals surface area contributed by atoms with Crippen molar-refractivity contribution < 1.29 is 14.2 Å². The smallest absolute Gasteiger partial charge is 0.172 e. The fourth-order valence-electron chi connectivity index (χ4n) is 1.21. The fraction of sp³-hybridized carbons (Fsp3) is 0.111. The van der Waals surface area contributed by atoms with Crippen LogP contribution in [0.25, 0.3) is 10.1 Å². The predicted octanol–water partition coefficient (Wildman–Crippen LogP) is 2.75. The van der Waals surface area contributed by atoms with Gasteiger partial charge in [-0.1, -0.05) is 11.3 Å². The quantitative estimate of drug-likeness (QED) is 0.763. The molecule has 0 atom stereocenters. The fourth-order valence-corrected chi connectivity index (χ4v) is 2.12. The third-order valence-corrected chi connectivity index (χ3v) is 2.75. The van der Waals surface area contributed by atoms with Crippen LogP contribution in [0.15, 0.2) is 18.2 Å². The highest BCUT2D eigenvalue weighted by Crippen LogP contribution is 2.38. The van der Waals surface area contributed by atoms with E-state index in [0.717, 1.165) is 11.3 Å². The average Bonchev–Trinajstić information content (AvgIpc) is 2.48. The number of fused-ring (bicyclic) bond motifs is 1. The molecule has 0 bridgehead atoms. The van der Waals surface area contributed by atoms with Gasteiger partial charge < -0.3 is 9.84 Å². The van der Waals surface area contributed by atoms with Crippen molar-refractivity contribution in [1.29, 1.82) is 0 Å². The Kier molecular flexibility index (Phi) is 1.84. The highest BCUT2D eigenvalue weighted by Gasteiger charge is 2.09. The van der Waals surface area contributed by atoms with Crippen LogP contribution in [0.3, 0.4) is 0 Å². The largest absolute Gasteiger partial charge is 0.499 e. The van der Waals surface area contributed by atoms with E-state index in [-0.39, 0.29) is 10.9 Å². The second-order valence-corrected chi connectivity index (χ2v) is 3.61. The Labute approximate surface area is 78.2 Å². The average molecular weight is 198 g/mol. The summed E-state index contributed by atoms with van der Waals surface area (Å²) in [6.45, 7) is 0. The summed E-state index contributed by atoms with van der Waals surface area (Å²) in [5, 5.41) is 9.70. The van der Waals surface area contributed by atoms with E-state index in [4.69, 9.17) is 4.74 Å². The van der Waals surface area contributed by atoms with Crippen LogP contribution in [-0.4, -0.2) is 12.2 Å². The summed E-state index contributed by atoms with van der Waals surface area (Å²) in [5.74, 6) is 0.244. The molecule has 0 fully saturated rings. The maximum atomic E-state index is 13.2. The molecule has 0 aliphatic carbocycles. The molecule has 1 aromatic carbocycles. The first-order chi connectivity index (χ1) is 6.22. The van der Waals surface area contributed by atoms with Crippen molar-refractivity contribution in [1.82, 2.24) is 0 Å². The van der Waals surface area contributed by atoms with Crippen molar-refractivity contribution in [3.05, 3.63) is 24.0 Å². The zero-order chi connectivity index (χ0) is 9.42. The molecule has 2 aromatic rings. The first-order valence-corrected chi connectivity index (χ1v) is 4.49. The molecule has 2 rings (SSSR count). The molecule has 4 heteroatoms. The zero-order valence-electron chi connectivity index (χ0n) is 6.87. The second-order valence-electron chi connectivity index (χ2n) is 2.58. The topological polar surface area (TPSA) is 29.5 Å². The highest BCUT2D eigenvalue weighted by molar-refractivity contribution is 7.21. The first-order valence-electron chi connectivity index (χ1n) is 3.67. The highest BCUT2D eigenvalue weighted by atomic mass is 32.1. The van der Waals surface area contributed by atoms with Crippen LogP contribution in [0.1, 0.15) is 0 Å². The Morgan fingerprint density at radius 3 is 2.92 bits per heavy atom. The van der Waals surface area contributed by atoms with Gasteiger partial charge in [-0.2, -0.15) is 0 Å². The molecule has 1 N–H and O–H groups in total. The van der Waals surface area contributed by atoms with Gasteiger partial charge in [0.1, 0.15) is 11.6 Å². The van der Waals surface area contributed by atoms with E-state index in [1.165, 1.54) is 19.2 Å². The number of hydrogen-bond acceptors (Lipinski definition) is 3. The molecule has 1 heterocycles. The SMILES string of the molecule is COc1ccc(F)c2cc(O)sc12. The zero-order valence-corrected chi connectivity index (χ0v) is 7.69. The van der Waals surface area contributed by atoms with E-state index in [0.29, 0.717) is 15.8 Å². The van der Waals surface area contributed by atoms with Gasteiger partial charge in [-0.05, 0) is 12.1 Å². The summed E-state index contributed by atoms with van der Waals surface area (Å²) in [6, 6.07) is 4.28. The van der Waals surface area contributed by atoms with Crippen LogP contribution in [0.5, 0.6) is 10.8 Å². The molecule has 0 saturated heterocycles. The molecule has 13 heavy (non-hydrogen) atoms. The molecular weight excluding hydrogens is 191 g/mol. The molecule has 0 radical (unpaired) electrons. The summed E-state index contributed by atoms with van der Waals surface area (Å²) in [5.41, 5.74) is 0. The van der Waals surface area contributed by atoms with Crippen molar-refractivity contribution in [2.24, 2.45) is 0 Å². The summed E-state index contributed by atoms with van der Waals surface area (Å²) in [7, 11) is 1.52. The van der Waals surface area contributed by atoms with Crippen molar-refractivity contribution in [3.63, 3.8) is 0 Å². The second kappa shape index (κ2) is 2.88. The molecule has 0 amide bonds. The summed E-state index contributed by atoms with van der Waals surface area (Å²) in [4.78, 5) is 0. The van der Waals surface area contributed by atoms with Gasteiger partial charge in [-0.25, -0.2) is 4.39 Å². The first kappa shape index (κ1) is 8.31. The number of thiophene rings is 1. The van der Waals surface area contributed by atoms with Gasteiger partial charge in [0.2, 0.25) is 0 Å². The minimum atomic E-state index is -0.340. The van der Waals surface area contributed by atoms with Crippen LogP contribution in [0.4, 0.5) is 4.39 Å². The number of methoxy groups -OCH3 is 1. The van der Waals surface area contributed by atoms with Crippen molar-refractivity contribution in [2.45, 2.75) is 0 Å². The molecule has 0 unspecified atom stereocenters. The standard InChI is InChI=1S/C9H7FO2S/c1-12-7-3-2-6(10)5-4-8(11)13-9(5)7/h2-4,11H,1H3. The number of hydrogen-bond donors (Lipinski definition) is 1. The number of aromatic hydroxyl groups is 1. The van der Waals surface area contributed by atoms with E-state index in [1.807, 2.05) is 0 Å². The Morgan fingerprint density at radius 1 is 1.46 bits per heavy atom. The molecule has 2 nitrogen and oxygen atoms in total. The molecule has 0 saturated carbocycles. The number of ether oxygens (including phenoxy) is 1. The Bertz CT molecular complexity index is 450. The normalized spacial score (nSPS) is 10.6. The van der Waals surface area contributed by atoms with E-state index < -0.39 is 0 Å². The van der Waals surface area contributed by atoms with Gasteiger partial charge in [0.25, 0.3) is 0 Å². The van der Waals surface area contributed by atoms with Crippen LogP contribution in [0.2, 0.25) is 0 Å². The minimum absolute atomic E-state index is 0.0957. The lowest BCUT2D eigenvalue weighted by atomic mass is 10.2. The van der Waals surface area contributed by atoms with Gasteiger partial charge in [-0.3, -0.25) is 0 Å². The Balaban J connectivity index is 2.83. The molecule has 1 aromatic heterocycles. The lowest BCUT2D eigenvalue weighted by Gasteiger charge is -2.00. The van der Waals surface area contributed by atoms with Crippen LogP contribution in [0, 0.1) is 5.82 Å². The third kappa shape index (κ3) is 1.23. The van der Waals surface area contributed by atoms with Gasteiger partial charge in [0.05, 0.1) is 11.8 Å². The molecule has 68 valence electrons. The van der Waals surface area contributed by atoms with E-state index in [2.05, 4.69) is 0 Å². The van der Waals surface area contributed by atoms with E-state index >= 15 is 0 Å². The number of rotatable bonds is 1. The lowest BCUT2D eigenvalue weighted by Crippen LogP contribution is -1.83. The van der Waals surface area contributed by atoms with Crippen molar-refractivity contribution >= 4 is 21.4 Å². The molecule has 0 spiro atoms. The van der Waals surface area contributed by atoms with Crippen LogP contribution in [-0.2, 0) is 0 Å². The molecule has 0 aliphatic heterocycles. The predicted molar refractivity (Wildman–Crippen MR) is 50.0 cm³/mol. The van der Waals surface area contributed by atoms with Crippen LogP contribution < -0.4 is 4.74 Å². The molecular formula is C9H7FO2S. The number of halogens is 1. The minimum Gasteiger partial charge on any atom is -0.499 e. The van der Waals surface area contributed by atoms with E-state index in [9.17, 15) is 9.50 Å². The third-order valence-electron chi connectivity index (χ3n) is 1.80. The number of benzene rings is 1. The van der Waals surface area contributed by atoms with Gasteiger partial charge in [-0.15, -0.1) is 0 Å². The van der Waals surface area contributed by atoms with Crippen molar-refractivity contribution in [3.8, 4) is 10.8 Å². The van der Waals surface area contributed by atoms with Gasteiger partial charge in [0.15, 0.2) is 5.06 Å². The van der Waals surface area contributed by atoms with Crippen LogP contribution >= 0.6 is 11.3 Å². The Hall–Kier alpha value is -1.29. The summed E-state index contributed by atoms with van der Waals surface area (Å²) in [6.07, 6.45) is 0. The van der Waals surface area contributed by atoms with Gasteiger partial charge in [0, 0.05) is 11.5 Å². The summed E-state index contributed by atoms with van der Waals surface area (Å²) < 4.78 is 18.8. The maximum absolute atomic E-state index is 13.2. The Morgan fingerprint density at radius 2 is 2.23 bits per heavy atom. The monoisotopic (exact) mass is 198 g/mol. The lowest BCUT2D eigenvalue weighted by molar-refractivity contribution is 0.420. The molecule has 0 aliphatic rings. The van der Waals surface area contributed by atoms with Gasteiger partial charge >= 0.3 is 0 Å². The van der Waals surface area contributed by atoms with E-state index in [1.54, 1.807) is 6.07 Å².